The Kier molecular flexibility index (Phi) is 8.51. The highest BCUT2D eigenvalue weighted by Gasteiger charge is 2.32. The zero-order valence-corrected chi connectivity index (χ0v) is 20.1. The first-order valence-corrected chi connectivity index (χ1v) is 12.6. The molecule has 1 N–H and O–H groups in total. The average Bonchev–Trinajstić information content (AvgIpc) is 2.70. The summed E-state index contributed by atoms with van der Waals surface area (Å²) in [5.41, 5.74) is 3.75. The first kappa shape index (κ1) is 24.7. The summed E-state index contributed by atoms with van der Waals surface area (Å²) in [6.45, 7) is 10.3. The lowest BCUT2D eigenvalue weighted by atomic mass is 9.97. The molecule has 2 aromatic carbocycles. The van der Waals surface area contributed by atoms with Gasteiger partial charge < -0.3 is 10.1 Å². The lowest BCUT2D eigenvalue weighted by molar-refractivity contribution is -0.123. The lowest BCUT2D eigenvalue weighted by Crippen LogP contribution is -2.50. The van der Waals surface area contributed by atoms with Gasteiger partial charge in [0, 0.05) is 0 Å². The van der Waals surface area contributed by atoms with Gasteiger partial charge in [-0.2, -0.15) is 0 Å². The molecule has 0 aliphatic rings. The van der Waals surface area contributed by atoms with Crippen LogP contribution in [-0.4, -0.2) is 33.2 Å². The van der Waals surface area contributed by atoms with Gasteiger partial charge in [-0.25, -0.2) is 8.42 Å². The summed E-state index contributed by atoms with van der Waals surface area (Å²) < 4.78 is 32.0. The van der Waals surface area contributed by atoms with Crippen molar-refractivity contribution in [3.63, 3.8) is 0 Å². The number of hydrogen-bond acceptors (Lipinski definition) is 4. The molecule has 0 heterocycles. The normalized spacial score (nSPS) is 13.4. The monoisotopic (exact) mass is 446 g/mol. The van der Waals surface area contributed by atoms with Gasteiger partial charge in [-0.05, 0) is 69.0 Å². The molecule has 0 fully saturated rings. The quantitative estimate of drug-likeness (QED) is 0.582. The Morgan fingerprint density at radius 2 is 1.68 bits per heavy atom. The van der Waals surface area contributed by atoms with E-state index >= 15 is 0 Å². The summed E-state index contributed by atoms with van der Waals surface area (Å²) in [5, 5.41) is 3.08. The number of hydrogen-bond donors (Lipinski definition) is 1. The van der Waals surface area contributed by atoms with E-state index < -0.39 is 16.1 Å². The maximum Gasteiger partial charge on any atom is 0.244 e. The van der Waals surface area contributed by atoms with Crippen molar-refractivity contribution in [3.05, 3.63) is 59.2 Å². The topological polar surface area (TPSA) is 75.7 Å². The molecule has 0 saturated heterocycles. The average molecular weight is 447 g/mol. The fourth-order valence-corrected chi connectivity index (χ4v) is 5.01. The first-order chi connectivity index (χ1) is 14.6. The van der Waals surface area contributed by atoms with Crippen LogP contribution in [0.3, 0.4) is 0 Å². The van der Waals surface area contributed by atoms with Crippen molar-refractivity contribution in [2.24, 2.45) is 0 Å². The molecule has 0 aliphatic carbocycles. The van der Waals surface area contributed by atoms with Gasteiger partial charge in [0.25, 0.3) is 0 Å². The van der Waals surface area contributed by atoms with Crippen LogP contribution in [0.2, 0.25) is 0 Å². The van der Waals surface area contributed by atoms with E-state index in [4.69, 9.17) is 4.74 Å². The molecule has 0 unspecified atom stereocenters. The van der Waals surface area contributed by atoms with Crippen LogP contribution in [0, 0.1) is 13.8 Å². The minimum absolute atomic E-state index is 0.191. The third kappa shape index (κ3) is 6.23. The molecule has 2 rings (SSSR count). The maximum atomic E-state index is 13.3. The standard InChI is InChI=1S/C24H34N2O4S/c1-7-22(21-15-10-17(4)16-18(21)5)25-24(27)23(8-2)26(31(6,28)29)19-11-13-20(14-12-19)30-9-3/h10-16,22-23H,7-9H2,1-6H3,(H,25,27)/t22-,23+/m0/s1. The molecule has 0 bridgehead atoms. The smallest absolute Gasteiger partial charge is 0.244 e. The fourth-order valence-electron chi connectivity index (χ4n) is 3.80. The lowest BCUT2D eigenvalue weighted by Gasteiger charge is -2.31. The Balaban J connectivity index is 2.35. The highest BCUT2D eigenvalue weighted by Crippen LogP contribution is 2.27. The van der Waals surface area contributed by atoms with E-state index in [1.807, 2.05) is 46.8 Å². The highest BCUT2D eigenvalue weighted by molar-refractivity contribution is 7.92. The van der Waals surface area contributed by atoms with Crippen LogP contribution < -0.4 is 14.4 Å². The van der Waals surface area contributed by atoms with Crippen molar-refractivity contribution in [1.82, 2.24) is 5.32 Å². The summed E-state index contributed by atoms with van der Waals surface area (Å²) >= 11 is 0. The van der Waals surface area contributed by atoms with Crippen LogP contribution in [0.4, 0.5) is 5.69 Å². The second-order valence-corrected chi connectivity index (χ2v) is 9.60. The predicted octanol–water partition coefficient (Wildman–Crippen LogP) is 4.51. The van der Waals surface area contributed by atoms with E-state index in [2.05, 4.69) is 11.4 Å². The Bertz CT molecular complexity index is 987. The molecule has 1 amide bonds. The third-order valence-electron chi connectivity index (χ3n) is 5.26. The van der Waals surface area contributed by atoms with Gasteiger partial charge in [-0.15, -0.1) is 0 Å². The molecule has 31 heavy (non-hydrogen) atoms. The van der Waals surface area contributed by atoms with Crippen LogP contribution >= 0.6 is 0 Å². The molecule has 0 spiro atoms. The number of anilines is 1. The SMILES string of the molecule is CCOc1ccc(N([C@H](CC)C(=O)N[C@@H](CC)c2ccc(C)cc2C)S(C)(=O)=O)cc1. The van der Waals surface area contributed by atoms with Crippen LogP contribution in [0.15, 0.2) is 42.5 Å². The predicted molar refractivity (Wildman–Crippen MR) is 126 cm³/mol. The number of nitrogens with one attached hydrogen (secondary N) is 1. The molecule has 0 aromatic heterocycles. The minimum Gasteiger partial charge on any atom is -0.494 e. The molecular formula is C24H34N2O4S. The van der Waals surface area contributed by atoms with E-state index in [0.29, 0.717) is 30.9 Å². The van der Waals surface area contributed by atoms with Gasteiger partial charge in [0.05, 0.1) is 24.6 Å². The molecule has 0 aliphatic heterocycles. The third-order valence-corrected chi connectivity index (χ3v) is 6.44. The zero-order valence-electron chi connectivity index (χ0n) is 19.3. The van der Waals surface area contributed by atoms with E-state index in [0.717, 1.165) is 22.9 Å². The molecular weight excluding hydrogens is 412 g/mol. The minimum atomic E-state index is -3.69. The number of benzene rings is 2. The molecule has 0 saturated carbocycles. The summed E-state index contributed by atoms with van der Waals surface area (Å²) in [5.74, 6) is 0.340. The molecule has 0 radical (unpaired) electrons. The second-order valence-electron chi connectivity index (χ2n) is 7.74. The fraction of sp³-hybridized carbons (Fsp3) is 0.458. The van der Waals surface area contributed by atoms with Crippen LogP contribution in [0.5, 0.6) is 5.75 Å². The number of carbonyl (C=O) groups excluding carboxylic acids is 1. The van der Waals surface area contributed by atoms with E-state index in [1.54, 1.807) is 24.3 Å². The van der Waals surface area contributed by atoms with E-state index in [1.165, 1.54) is 4.31 Å². The maximum absolute atomic E-state index is 13.3. The number of nitrogens with zero attached hydrogens (tertiary/aromatic N) is 1. The number of carbonyl (C=O) groups is 1. The van der Waals surface area contributed by atoms with Crippen molar-refractivity contribution in [2.45, 2.75) is 59.5 Å². The first-order valence-electron chi connectivity index (χ1n) is 10.7. The molecule has 170 valence electrons. The molecule has 6 nitrogen and oxygen atoms in total. The molecule has 2 aromatic rings. The van der Waals surface area contributed by atoms with Crippen molar-refractivity contribution in [3.8, 4) is 5.75 Å². The van der Waals surface area contributed by atoms with Crippen LogP contribution in [-0.2, 0) is 14.8 Å². The van der Waals surface area contributed by atoms with Gasteiger partial charge >= 0.3 is 0 Å². The van der Waals surface area contributed by atoms with Gasteiger partial charge in [0.2, 0.25) is 15.9 Å². The van der Waals surface area contributed by atoms with Gasteiger partial charge in [-0.3, -0.25) is 9.10 Å². The summed E-state index contributed by atoms with van der Waals surface area (Å²) in [6.07, 6.45) is 2.17. The Morgan fingerprint density at radius 1 is 1.03 bits per heavy atom. The Morgan fingerprint density at radius 3 is 2.16 bits per heavy atom. The Hall–Kier alpha value is -2.54. The van der Waals surface area contributed by atoms with E-state index in [9.17, 15) is 13.2 Å². The molecule has 2 atom stereocenters. The van der Waals surface area contributed by atoms with Gasteiger partial charge in [0.15, 0.2) is 0 Å². The number of sulfonamides is 1. The van der Waals surface area contributed by atoms with Gasteiger partial charge in [0.1, 0.15) is 11.8 Å². The second kappa shape index (κ2) is 10.7. The van der Waals surface area contributed by atoms with Crippen molar-refractivity contribution in [2.75, 3.05) is 17.2 Å². The summed E-state index contributed by atoms with van der Waals surface area (Å²) in [4.78, 5) is 13.3. The largest absolute Gasteiger partial charge is 0.494 e. The number of aryl methyl sites for hydroxylation is 2. The summed E-state index contributed by atoms with van der Waals surface area (Å²) in [7, 11) is -3.69. The number of ether oxygens (including phenoxy) is 1. The van der Waals surface area contributed by atoms with Crippen molar-refractivity contribution in [1.29, 1.82) is 0 Å². The van der Waals surface area contributed by atoms with Gasteiger partial charge in [-0.1, -0.05) is 37.6 Å². The number of rotatable bonds is 10. The molecule has 7 heteroatoms. The highest BCUT2D eigenvalue weighted by atomic mass is 32.2. The van der Waals surface area contributed by atoms with Crippen molar-refractivity contribution >= 4 is 21.6 Å². The number of amides is 1. The summed E-state index contributed by atoms with van der Waals surface area (Å²) in [6, 6.07) is 11.9. The zero-order chi connectivity index (χ0) is 23.2. The Labute approximate surface area is 186 Å². The van der Waals surface area contributed by atoms with E-state index in [-0.39, 0.29) is 11.9 Å². The van der Waals surface area contributed by atoms with Crippen molar-refractivity contribution < 1.29 is 17.9 Å². The van der Waals surface area contributed by atoms with Crippen LogP contribution in [0.25, 0.3) is 0 Å². The van der Waals surface area contributed by atoms with Crippen LogP contribution in [0.1, 0.15) is 56.3 Å².